The van der Waals surface area contributed by atoms with Crippen LogP contribution in [0, 0.1) is 5.82 Å². The number of fused-ring (bicyclic) bond motifs is 1. The zero-order valence-corrected chi connectivity index (χ0v) is 18.1. The van der Waals surface area contributed by atoms with Crippen molar-refractivity contribution in [3.05, 3.63) is 71.0 Å². The topological polar surface area (TPSA) is 86.8 Å². The van der Waals surface area contributed by atoms with Crippen LogP contribution in [0.2, 0.25) is 0 Å². The number of hydrogen-bond acceptors (Lipinski definition) is 4. The van der Waals surface area contributed by atoms with Gasteiger partial charge in [0.2, 0.25) is 11.8 Å². The Kier molecular flexibility index (Phi) is 7.35. The predicted octanol–water partition coefficient (Wildman–Crippen LogP) is 2.76. The fourth-order valence-electron chi connectivity index (χ4n) is 3.85. The molecule has 0 bridgehead atoms. The molecule has 0 aliphatic carbocycles. The average molecular weight is 439 g/mol. The number of rotatable bonds is 9. The van der Waals surface area contributed by atoms with E-state index in [-0.39, 0.29) is 55.4 Å². The standard InChI is InChI=1S/C24H26FN3O4/c1-3-20(22(30)26-2)28(15-16-10-12-17(25)13-11-16)21(29)9-6-14-27-23(31)18-7-4-5-8-19(18)24(27)32/h4-5,7-8,10-13,20H,3,6,9,14-15H2,1-2H3,(H,26,30)/t20-/m1/s1. The van der Waals surface area contributed by atoms with E-state index in [0.29, 0.717) is 23.1 Å². The molecular formula is C24H26FN3O4. The second-order valence-corrected chi connectivity index (χ2v) is 7.60. The van der Waals surface area contributed by atoms with Crippen molar-refractivity contribution in [3.63, 3.8) is 0 Å². The summed E-state index contributed by atoms with van der Waals surface area (Å²) in [6.45, 7) is 2.07. The molecule has 0 saturated heterocycles. The number of imide groups is 1. The van der Waals surface area contributed by atoms with Crippen molar-refractivity contribution in [2.24, 2.45) is 0 Å². The first-order valence-electron chi connectivity index (χ1n) is 10.6. The van der Waals surface area contributed by atoms with Crippen LogP contribution in [0.5, 0.6) is 0 Å². The number of carbonyl (C=O) groups excluding carboxylic acids is 4. The zero-order chi connectivity index (χ0) is 23.3. The third-order valence-electron chi connectivity index (χ3n) is 5.55. The van der Waals surface area contributed by atoms with Gasteiger partial charge < -0.3 is 10.2 Å². The molecule has 32 heavy (non-hydrogen) atoms. The quantitative estimate of drug-likeness (QED) is 0.609. The van der Waals surface area contributed by atoms with E-state index in [1.165, 1.54) is 24.1 Å². The Balaban J connectivity index is 1.68. The monoisotopic (exact) mass is 439 g/mol. The van der Waals surface area contributed by atoms with Crippen LogP contribution in [0.15, 0.2) is 48.5 Å². The Bertz CT molecular complexity index is 987. The van der Waals surface area contributed by atoms with Gasteiger partial charge in [0.05, 0.1) is 11.1 Å². The summed E-state index contributed by atoms with van der Waals surface area (Å²) in [5, 5.41) is 2.58. The highest BCUT2D eigenvalue weighted by molar-refractivity contribution is 6.21. The first-order chi connectivity index (χ1) is 15.4. The summed E-state index contributed by atoms with van der Waals surface area (Å²) < 4.78 is 13.3. The van der Waals surface area contributed by atoms with E-state index in [2.05, 4.69) is 5.32 Å². The van der Waals surface area contributed by atoms with Crippen LogP contribution in [-0.4, -0.2) is 53.1 Å². The SMILES string of the molecule is CC[C@H](C(=O)NC)N(Cc1ccc(F)cc1)C(=O)CCCN1C(=O)c2ccccc2C1=O. The third kappa shape index (κ3) is 4.85. The Morgan fingerprint density at radius 1 is 1.03 bits per heavy atom. The number of likely N-dealkylation sites (N-methyl/N-ethyl adjacent to an activating group) is 1. The Hall–Kier alpha value is -3.55. The number of halogens is 1. The zero-order valence-electron chi connectivity index (χ0n) is 18.1. The molecule has 4 amide bonds. The summed E-state index contributed by atoms with van der Waals surface area (Å²) in [5.41, 5.74) is 1.43. The van der Waals surface area contributed by atoms with Crippen LogP contribution in [0.3, 0.4) is 0 Å². The molecule has 0 aromatic heterocycles. The number of benzene rings is 2. The molecule has 7 nitrogen and oxygen atoms in total. The minimum absolute atomic E-state index is 0.0576. The van der Waals surface area contributed by atoms with Crippen molar-refractivity contribution in [1.82, 2.24) is 15.1 Å². The van der Waals surface area contributed by atoms with Gasteiger partial charge in [-0.05, 0) is 42.7 Å². The van der Waals surface area contributed by atoms with E-state index in [1.807, 2.05) is 6.92 Å². The first-order valence-corrected chi connectivity index (χ1v) is 10.6. The predicted molar refractivity (Wildman–Crippen MR) is 116 cm³/mol. The summed E-state index contributed by atoms with van der Waals surface area (Å²) in [6, 6.07) is 11.7. The lowest BCUT2D eigenvalue weighted by molar-refractivity contribution is -0.141. The van der Waals surface area contributed by atoms with Crippen molar-refractivity contribution in [3.8, 4) is 0 Å². The normalized spacial score (nSPS) is 13.7. The number of nitrogens with zero attached hydrogens (tertiary/aromatic N) is 2. The molecule has 1 aliphatic rings. The van der Waals surface area contributed by atoms with E-state index in [4.69, 9.17) is 0 Å². The second kappa shape index (κ2) is 10.2. The molecule has 0 spiro atoms. The smallest absolute Gasteiger partial charge is 0.261 e. The van der Waals surface area contributed by atoms with E-state index in [9.17, 15) is 23.6 Å². The second-order valence-electron chi connectivity index (χ2n) is 7.60. The lowest BCUT2D eigenvalue weighted by Gasteiger charge is -2.30. The third-order valence-corrected chi connectivity index (χ3v) is 5.55. The molecule has 1 heterocycles. The van der Waals surface area contributed by atoms with Crippen molar-refractivity contribution in [2.45, 2.75) is 38.8 Å². The lowest BCUT2D eigenvalue weighted by Crippen LogP contribution is -2.48. The molecule has 2 aromatic carbocycles. The van der Waals surface area contributed by atoms with Crippen LogP contribution in [0.1, 0.15) is 52.5 Å². The maximum absolute atomic E-state index is 13.3. The molecule has 1 atom stereocenters. The fraction of sp³-hybridized carbons (Fsp3) is 0.333. The maximum atomic E-state index is 13.3. The molecule has 1 aliphatic heterocycles. The largest absolute Gasteiger partial charge is 0.357 e. The summed E-state index contributed by atoms with van der Waals surface area (Å²) in [4.78, 5) is 53.0. The highest BCUT2D eigenvalue weighted by atomic mass is 19.1. The van der Waals surface area contributed by atoms with E-state index < -0.39 is 6.04 Å². The highest BCUT2D eigenvalue weighted by Gasteiger charge is 2.35. The van der Waals surface area contributed by atoms with Gasteiger partial charge in [-0.1, -0.05) is 31.2 Å². The molecular weight excluding hydrogens is 413 g/mol. The van der Waals surface area contributed by atoms with Gasteiger partial charge in [-0.3, -0.25) is 24.1 Å². The van der Waals surface area contributed by atoms with Crippen LogP contribution < -0.4 is 5.32 Å². The Morgan fingerprint density at radius 2 is 1.62 bits per heavy atom. The van der Waals surface area contributed by atoms with Crippen molar-refractivity contribution in [1.29, 1.82) is 0 Å². The molecule has 2 aromatic rings. The fourth-order valence-corrected chi connectivity index (χ4v) is 3.85. The molecule has 0 radical (unpaired) electrons. The minimum Gasteiger partial charge on any atom is -0.357 e. The van der Waals surface area contributed by atoms with Crippen LogP contribution in [0.25, 0.3) is 0 Å². The Morgan fingerprint density at radius 3 is 2.16 bits per heavy atom. The van der Waals surface area contributed by atoms with Crippen LogP contribution in [-0.2, 0) is 16.1 Å². The van der Waals surface area contributed by atoms with Gasteiger partial charge in [-0.15, -0.1) is 0 Å². The number of amides is 4. The van der Waals surface area contributed by atoms with Gasteiger partial charge in [0.15, 0.2) is 0 Å². The van der Waals surface area contributed by atoms with Crippen LogP contribution in [0.4, 0.5) is 4.39 Å². The van der Waals surface area contributed by atoms with E-state index in [0.717, 1.165) is 4.90 Å². The highest BCUT2D eigenvalue weighted by Crippen LogP contribution is 2.23. The lowest BCUT2D eigenvalue weighted by atomic mass is 10.1. The van der Waals surface area contributed by atoms with Gasteiger partial charge >= 0.3 is 0 Å². The molecule has 1 N–H and O–H groups in total. The van der Waals surface area contributed by atoms with Crippen molar-refractivity contribution >= 4 is 23.6 Å². The van der Waals surface area contributed by atoms with Gasteiger partial charge in [0.25, 0.3) is 11.8 Å². The summed E-state index contributed by atoms with van der Waals surface area (Å²) in [6.07, 6.45) is 0.738. The first kappa shape index (κ1) is 23.1. The summed E-state index contributed by atoms with van der Waals surface area (Å²) >= 11 is 0. The van der Waals surface area contributed by atoms with Crippen LogP contribution >= 0.6 is 0 Å². The molecule has 8 heteroatoms. The van der Waals surface area contributed by atoms with Crippen molar-refractivity contribution in [2.75, 3.05) is 13.6 Å². The summed E-state index contributed by atoms with van der Waals surface area (Å²) in [7, 11) is 1.51. The maximum Gasteiger partial charge on any atom is 0.261 e. The summed E-state index contributed by atoms with van der Waals surface area (Å²) in [5.74, 6) is -1.67. The minimum atomic E-state index is -0.683. The van der Waals surface area contributed by atoms with E-state index in [1.54, 1.807) is 36.4 Å². The van der Waals surface area contributed by atoms with Gasteiger partial charge in [-0.2, -0.15) is 0 Å². The number of carbonyl (C=O) groups is 4. The van der Waals surface area contributed by atoms with Crippen molar-refractivity contribution < 1.29 is 23.6 Å². The molecule has 0 saturated carbocycles. The Labute approximate surface area is 186 Å². The average Bonchev–Trinajstić information content (AvgIpc) is 3.05. The molecule has 0 fully saturated rings. The number of nitrogens with one attached hydrogen (secondary N) is 1. The molecule has 168 valence electrons. The van der Waals surface area contributed by atoms with Gasteiger partial charge in [-0.25, -0.2) is 4.39 Å². The van der Waals surface area contributed by atoms with Gasteiger partial charge in [0.1, 0.15) is 11.9 Å². The molecule has 0 unspecified atom stereocenters. The van der Waals surface area contributed by atoms with Gasteiger partial charge in [0, 0.05) is 26.6 Å². The van der Waals surface area contributed by atoms with E-state index >= 15 is 0 Å². The number of hydrogen-bond donors (Lipinski definition) is 1. The molecule has 3 rings (SSSR count).